The lowest BCUT2D eigenvalue weighted by atomic mass is 9.74. The molecule has 0 aromatic heterocycles. The van der Waals surface area contributed by atoms with Gasteiger partial charge < -0.3 is 5.32 Å². The second kappa shape index (κ2) is 5.38. The fourth-order valence-electron chi connectivity index (χ4n) is 1.61. The Morgan fingerprint density at radius 2 is 1.79 bits per heavy atom. The van der Waals surface area contributed by atoms with Gasteiger partial charge in [-0.1, -0.05) is 34.1 Å². The number of hydrogen-bond donors (Lipinski definition) is 1. The molecule has 84 valence electrons. The zero-order chi connectivity index (χ0) is 11.4. The molecule has 0 fully saturated rings. The Kier molecular flexibility index (Phi) is 5.17. The molecule has 1 atom stereocenters. The molecule has 0 saturated heterocycles. The van der Waals surface area contributed by atoms with Gasteiger partial charge in [0, 0.05) is 11.5 Å². The van der Waals surface area contributed by atoms with Crippen LogP contribution in [0.3, 0.4) is 0 Å². The lowest BCUT2D eigenvalue weighted by Crippen LogP contribution is -2.45. The fraction of sp³-hybridized carbons (Fsp3) is 0.917. The Morgan fingerprint density at radius 3 is 2.07 bits per heavy atom. The molecule has 0 saturated carbocycles. The van der Waals surface area contributed by atoms with Crippen LogP contribution in [-0.2, 0) is 4.79 Å². The van der Waals surface area contributed by atoms with E-state index < -0.39 is 0 Å². The van der Waals surface area contributed by atoms with Crippen molar-refractivity contribution in [3.8, 4) is 0 Å². The van der Waals surface area contributed by atoms with E-state index in [-0.39, 0.29) is 17.4 Å². The first-order valence-electron chi connectivity index (χ1n) is 5.65. The van der Waals surface area contributed by atoms with E-state index in [1.807, 2.05) is 13.8 Å². The molecule has 0 radical (unpaired) electrons. The van der Waals surface area contributed by atoms with E-state index in [1.165, 1.54) is 0 Å². The minimum absolute atomic E-state index is 0.198. The maximum atomic E-state index is 12.0. The van der Waals surface area contributed by atoms with Crippen LogP contribution in [0.4, 0.5) is 0 Å². The van der Waals surface area contributed by atoms with Crippen LogP contribution >= 0.6 is 0 Å². The number of amides is 1. The predicted octanol–water partition coefficient (Wildman–Crippen LogP) is 2.97. The second-order valence-corrected chi connectivity index (χ2v) is 4.95. The highest BCUT2D eigenvalue weighted by atomic mass is 16.2. The van der Waals surface area contributed by atoms with E-state index >= 15 is 0 Å². The molecule has 0 aliphatic rings. The quantitative estimate of drug-likeness (QED) is 0.724. The molecular formula is C12H25NO. The summed E-state index contributed by atoms with van der Waals surface area (Å²) in [6, 6.07) is 0.234. The van der Waals surface area contributed by atoms with E-state index in [0.29, 0.717) is 5.92 Å². The normalized spacial score (nSPS) is 15.7. The third kappa shape index (κ3) is 3.32. The zero-order valence-corrected chi connectivity index (χ0v) is 10.5. The van der Waals surface area contributed by atoms with Gasteiger partial charge in [0.1, 0.15) is 0 Å². The van der Waals surface area contributed by atoms with E-state index in [0.717, 1.165) is 12.8 Å². The smallest absolute Gasteiger partial charge is 0.226 e. The molecule has 0 aliphatic heterocycles. The van der Waals surface area contributed by atoms with Gasteiger partial charge in [-0.05, 0) is 26.2 Å². The third-order valence-electron chi connectivity index (χ3n) is 2.98. The molecule has 2 heteroatoms. The van der Waals surface area contributed by atoms with Crippen molar-refractivity contribution in [1.82, 2.24) is 5.32 Å². The van der Waals surface area contributed by atoms with Crippen LogP contribution < -0.4 is 5.32 Å². The lowest BCUT2D eigenvalue weighted by molar-refractivity contribution is -0.133. The maximum absolute atomic E-state index is 12.0. The molecule has 0 heterocycles. The monoisotopic (exact) mass is 199 g/mol. The molecule has 0 bridgehead atoms. The van der Waals surface area contributed by atoms with Crippen molar-refractivity contribution in [2.45, 2.75) is 60.4 Å². The third-order valence-corrected chi connectivity index (χ3v) is 2.98. The van der Waals surface area contributed by atoms with Crippen molar-refractivity contribution in [2.75, 3.05) is 0 Å². The highest BCUT2D eigenvalue weighted by Gasteiger charge is 2.35. The van der Waals surface area contributed by atoms with Gasteiger partial charge >= 0.3 is 0 Å². The van der Waals surface area contributed by atoms with Gasteiger partial charge in [0.2, 0.25) is 5.91 Å². The van der Waals surface area contributed by atoms with Crippen LogP contribution in [0.1, 0.15) is 54.4 Å². The molecule has 0 aromatic rings. The van der Waals surface area contributed by atoms with E-state index in [9.17, 15) is 4.79 Å². The maximum Gasteiger partial charge on any atom is 0.226 e. The molecule has 0 spiro atoms. The predicted molar refractivity (Wildman–Crippen MR) is 61.1 cm³/mol. The van der Waals surface area contributed by atoms with Gasteiger partial charge in [-0.15, -0.1) is 0 Å². The van der Waals surface area contributed by atoms with Crippen LogP contribution in [0.25, 0.3) is 0 Å². The Hall–Kier alpha value is -0.530. The molecule has 0 rings (SSSR count). The SMILES string of the molecule is CCCC(C)(C(=O)NC(C)C)C(C)C. The van der Waals surface area contributed by atoms with Crippen LogP contribution in [0.5, 0.6) is 0 Å². The molecular weight excluding hydrogens is 174 g/mol. The van der Waals surface area contributed by atoms with Gasteiger partial charge in [-0.3, -0.25) is 4.79 Å². The molecule has 2 nitrogen and oxygen atoms in total. The summed E-state index contributed by atoms with van der Waals surface area (Å²) in [4.78, 5) is 12.0. The van der Waals surface area contributed by atoms with Crippen LogP contribution in [-0.4, -0.2) is 11.9 Å². The highest BCUT2D eigenvalue weighted by Crippen LogP contribution is 2.32. The minimum Gasteiger partial charge on any atom is -0.353 e. The fourth-order valence-corrected chi connectivity index (χ4v) is 1.61. The molecule has 14 heavy (non-hydrogen) atoms. The van der Waals surface area contributed by atoms with Crippen molar-refractivity contribution in [3.05, 3.63) is 0 Å². The Bertz CT molecular complexity index is 187. The van der Waals surface area contributed by atoms with Crippen molar-refractivity contribution in [2.24, 2.45) is 11.3 Å². The Morgan fingerprint density at radius 1 is 1.29 bits per heavy atom. The summed E-state index contributed by atoms with van der Waals surface area (Å²) in [5.74, 6) is 0.588. The summed E-state index contributed by atoms with van der Waals surface area (Å²) < 4.78 is 0. The van der Waals surface area contributed by atoms with E-state index in [1.54, 1.807) is 0 Å². The first-order valence-corrected chi connectivity index (χ1v) is 5.65. The highest BCUT2D eigenvalue weighted by molar-refractivity contribution is 5.82. The second-order valence-electron chi connectivity index (χ2n) is 4.95. The molecule has 1 N–H and O–H groups in total. The lowest BCUT2D eigenvalue weighted by Gasteiger charge is -2.32. The summed E-state index contributed by atoms with van der Waals surface area (Å²) in [6.45, 7) is 12.4. The average molecular weight is 199 g/mol. The van der Waals surface area contributed by atoms with Gasteiger partial charge in [0.05, 0.1) is 0 Å². The molecule has 1 amide bonds. The number of nitrogens with one attached hydrogen (secondary N) is 1. The van der Waals surface area contributed by atoms with Gasteiger partial charge in [-0.25, -0.2) is 0 Å². The summed E-state index contributed by atoms with van der Waals surface area (Å²) in [5.41, 5.74) is -0.209. The first-order chi connectivity index (χ1) is 6.34. The summed E-state index contributed by atoms with van der Waals surface area (Å²) in [7, 11) is 0. The van der Waals surface area contributed by atoms with Gasteiger partial charge in [0.25, 0.3) is 0 Å². The zero-order valence-electron chi connectivity index (χ0n) is 10.5. The minimum atomic E-state index is -0.209. The standard InChI is InChI=1S/C12H25NO/c1-7-8-12(6,9(2)3)11(14)13-10(4)5/h9-10H,7-8H2,1-6H3,(H,13,14). The van der Waals surface area contributed by atoms with Gasteiger partial charge in [-0.2, -0.15) is 0 Å². The number of carbonyl (C=O) groups excluding carboxylic acids is 1. The average Bonchev–Trinajstić information content (AvgIpc) is 2.02. The summed E-state index contributed by atoms with van der Waals surface area (Å²) in [5, 5.41) is 3.01. The molecule has 1 unspecified atom stereocenters. The number of rotatable bonds is 5. The van der Waals surface area contributed by atoms with Crippen LogP contribution in [0, 0.1) is 11.3 Å². The van der Waals surface area contributed by atoms with Crippen molar-refractivity contribution in [1.29, 1.82) is 0 Å². The number of hydrogen-bond acceptors (Lipinski definition) is 1. The first kappa shape index (κ1) is 13.5. The van der Waals surface area contributed by atoms with Crippen molar-refractivity contribution >= 4 is 5.91 Å². The van der Waals surface area contributed by atoms with Crippen molar-refractivity contribution < 1.29 is 4.79 Å². The molecule has 0 aromatic carbocycles. The topological polar surface area (TPSA) is 29.1 Å². The van der Waals surface area contributed by atoms with Crippen LogP contribution in [0.15, 0.2) is 0 Å². The Labute approximate surface area is 88.5 Å². The van der Waals surface area contributed by atoms with Crippen LogP contribution in [0.2, 0.25) is 0 Å². The summed E-state index contributed by atoms with van der Waals surface area (Å²) >= 11 is 0. The van der Waals surface area contributed by atoms with E-state index in [2.05, 4.69) is 33.0 Å². The molecule has 0 aliphatic carbocycles. The van der Waals surface area contributed by atoms with E-state index in [4.69, 9.17) is 0 Å². The van der Waals surface area contributed by atoms with Gasteiger partial charge in [0.15, 0.2) is 0 Å². The van der Waals surface area contributed by atoms with Crippen molar-refractivity contribution in [3.63, 3.8) is 0 Å². The number of carbonyl (C=O) groups is 1. The summed E-state index contributed by atoms with van der Waals surface area (Å²) in [6.07, 6.45) is 2.02. The largest absolute Gasteiger partial charge is 0.353 e. The Balaban J connectivity index is 4.56.